The maximum Gasteiger partial charge on any atom is 0.243 e. The third kappa shape index (κ3) is 6.76. The lowest BCUT2D eigenvalue weighted by molar-refractivity contribution is -0.127. The summed E-state index contributed by atoms with van der Waals surface area (Å²) in [6, 6.07) is 0.864. The molecule has 1 saturated heterocycles. The highest BCUT2D eigenvalue weighted by Crippen LogP contribution is 2.38. The molecule has 3 fully saturated rings. The van der Waals surface area contributed by atoms with Gasteiger partial charge in [-0.05, 0) is 38.5 Å². The van der Waals surface area contributed by atoms with E-state index < -0.39 is 0 Å². The number of aliphatic imine (C=N–C) groups is 1. The number of halogens is 1. The zero-order chi connectivity index (χ0) is 18.4. The van der Waals surface area contributed by atoms with Crippen molar-refractivity contribution in [3.05, 3.63) is 0 Å². The standard InChI is InChI=1S/C20H36N4O2.HI/c1-24(2)18(25)15-21-19(22-16-8-4-5-9-16)23-17-10-13-26-20(14-17)11-6-3-7-12-20;/h16-17H,3-15H2,1-2H3,(H2,21,22,23);1H. The van der Waals surface area contributed by atoms with E-state index in [4.69, 9.17) is 4.74 Å². The fourth-order valence-corrected chi connectivity index (χ4v) is 4.57. The van der Waals surface area contributed by atoms with E-state index in [9.17, 15) is 4.79 Å². The summed E-state index contributed by atoms with van der Waals surface area (Å²) in [7, 11) is 3.56. The van der Waals surface area contributed by atoms with Crippen LogP contribution in [0.15, 0.2) is 4.99 Å². The predicted octanol–water partition coefficient (Wildman–Crippen LogP) is 3.05. The van der Waals surface area contributed by atoms with E-state index in [1.54, 1.807) is 19.0 Å². The third-order valence-electron chi connectivity index (χ3n) is 6.17. The Labute approximate surface area is 181 Å². The molecular weight excluding hydrogens is 455 g/mol. The number of likely N-dealkylation sites (N-methyl/N-ethyl adjacent to an activating group) is 1. The summed E-state index contributed by atoms with van der Waals surface area (Å²) in [4.78, 5) is 18.2. The first-order chi connectivity index (χ1) is 12.6. The summed E-state index contributed by atoms with van der Waals surface area (Å²) in [5.74, 6) is 0.846. The number of guanidine groups is 1. The number of hydrogen-bond donors (Lipinski definition) is 2. The molecule has 1 unspecified atom stereocenters. The smallest absolute Gasteiger partial charge is 0.243 e. The summed E-state index contributed by atoms with van der Waals surface area (Å²) in [6.07, 6.45) is 13.3. The van der Waals surface area contributed by atoms with Crippen LogP contribution < -0.4 is 10.6 Å². The number of carbonyl (C=O) groups is 1. The largest absolute Gasteiger partial charge is 0.375 e. The lowest BCUT2D eigenvalue weighted by atomic mass is 9.78. The maximum absolute atomic E-state index is 12.0. The number of carbonyl (C=O) groups excluding carboxylic acids is 1. The Hall–Kier alpha value is -0.570. The molecule has 6 nitrogen and oxygen atoms in total. The van der Waals surface area contributed by atoms with Gasteiger partial charge in [0.1, 0.15) is 6.54 Å². The Morgan fingerprint density at radius 3 is 2.37 bits per heavy atom. The molecule has 156 valence electrons. The van der Waals surface area contributed by atoms with Gasteiger partial charge >= 0.3 is 0 Å². The highest BCUT2D eigenvalue weighted by molar-refractivity contribution is 14.0. The highest BCUT2D eigenvalue weighted by atomic mass is 127. The lowest BCUT2D eigenvalue weighted by Gasteiger charge is -2.44. The molecule has 1 aliphatic heterocycles. The van der Waals surface area contributed by atoms with E-state index in [0.29, 0.717) is 12.1 Å². The van der Waals surface area contributed by atoms with Crippen molar-refractivity contribution in [2.24, 2.45) is 4.99 Å². The summed E-state index contributed by atoms with van der Waals surface area (Å²) < 4.78 is 6.22. The molecule has 3 aliphatic rings. The second-order valence-corrected chi connectivity index (χ2v) is 8.50. The average Bonchev–Trinajstić information content (AvgIpc) is 3.13. The van der Waals surface area contributed by atoms with Gasteiger partial charge < -0.3 is 20.3 Å². The van der Waals surface area contributed by atoms with E-state index in [1.165, 1.54) is 57.8 Å². The lowest BCUT2D eigenvalue weighted by Crippen LogP contribution is -2.53. The van der Waals surface area contributed by atoms with Crippen molar-refractivity contribution >= 4 is 35.8 Å². The number of ether oxygens (including phenoxy) is 1. The van der Waals surface area contributed by atoms with E-state index in [0.717, 1.165) is 25.4 Å². The van der Waals surface area contributed by atoms with Gasteiger partial charge in [-0.15, -0.1) is 24.0 Å². The first-order valence-electron chi connectivity index (χ1n) is 10.5. The molecule has 1 amide bonds. The molecule has 0 bridgehead atoms. The minimum absolute atomic E-state index is 0. The van der Waals surface area contributed by atoms with E-state index in [2.05, 4.69) is 15.6 Å². The van der Waals surface area contributed by atoms with Crippen molar-refractivity contribution in [2.45, 2.75) is 88.3 Å². The van der Waals surface area contributed by atoms with Crippen LogP contribution in [0.25, 0.3) is 0 Å². The van der Waals surface area contributed by atoms with Crippen LogP contribution in [-0.2, 0) is 9.53 Å². The summed E-state index contributed by atoms with van der Waals surface area (Å²) in [5, 5.41) is 7.21. The summed E-state index contributed by atoms with van der Waals surface area (Å²) in [5.41, 5.74) is 0.0755. The Kier molecular flexibility index (Phi) is 9.11. The highest BCUT2D eigenvalue weighted by Gasteiger charge is 2.38. The first-order valence-corrected chi connectivity index (χ1v) is 10.5. The molecule has 0 radical (unpaired) electrons. The Morgan fingerprint density at radius 2 is 1.70 bits per heavy atom. The minimum Gasteiger partial charge on any atom is -0.375 e. The maximum atomic E-state index is 12.0. The van der Waals surface area contributed by atoms with Crippen molar-refractivity contribution < 1.29 is 9.53 Å². The van der Waals surface area contributed by atoms with Crippen LogP contribution in [0, 0.1) is 0 Å². The fraction of sp³-hybridized carbons (Fsp3) is 0.900. The molecule has 0 aromatic carbocycles. The monoisotopic (exact) mass is 492 g/mol. The van der Waals surface area contributed by atoms with Crippen molar-refractivity contribution in [1.29, 1.82) is 0 Å². The molecule has 1 atom stereocenters. The van der Waals surface area contributed by atoms with Gasteiger partial charge in [-0.25, -0.2) is 4.99 Å². The van der Waals surface area contributed by atoms with E-state index in [1.807, 2.05) is 0 Å². The van der Waals surface area contributed by atoms with E-state index >= 15 is 0 Å². The van der Waals surface area contributed by atoms with Crippen LogP contribution in [0.4, 0.5) is 0 Å². The molecule has 2 N–H and O–H groups in total. The molecule has 3 rings (SSSR count). The van der Waals surface area contributed by atoms with Crippen LogP contribution in [0.5, 0.6) is 0 Å². The minimum atomic E-state index is 0. The Morgan fingerprint density at radius 1 is 1.04 bits per heavy atom. The SMILES string of the molecule is CN(C)C(=O)CN=C(NC1CCCC1)NC1CCOC2(CCCCC2)C1.I. The molecule has 2 aliphatic carbocycles. The molecule has 1 heterocycles. The Bertz CT molecular complexity index is 495. The number of nitrogens with one attached hydrogen (secondary N) is 2. The topological polar surface area (TPSA) is 66.0 Å². The van der Waals surface area contributed by atoms with Gasteiger partial charge in [-0.3, -0.25) is 4.79 Å². The van der Waals surface area contributed by atoms with Gasteiger partial charge in [0.25, 0.3) is 0 Å². The molecule has 7 heteroatoms. The van der Waals surface area contributed by atoms with Crippen molar-refractivity contribution in [2.75, 3.05) is 27.2 Å². The third-order valence-corrected chi connectivity index (χ3v) is 6.17. The van der Waals surface area contributed by atoms with Crippen LogP contribution in [0.2, 0.25) is 0 Å². The number of nitrogens with zero attached hydrogens (tertiary/aromatic N) is 2. The quantitative estimate of drug-likeness (QED) is 0.360. The molecule has 0 aromatic heterocycles. The molecule has 2 saturated carbocycles. The van der Waals surface area contributed by atoms with Crippen molar-refractivity contribution in [3.63, 3.8) is 0 Å². The summed E-state index contributed by atoms with van der Waals surface area (Å²) in [6.45, 7) is 1.02. The fourth-order valence-electron chi connectivity index (χ4n) is 4.57. The normalized spacial score (nSPS) is 25.7. The number of amides is 1. The zero-order valence-corrected chi connectivity index (χ0v) is 19.3. The van der Waals surface area contributed by atoms with Gasteiger partial charge in [0.15, 0.2) is 5.96 Å². The van der Waals surface area contributed by atoms with Gasteiger partial charge in [0.05, 0.1) is 5.60 Å². The Balaban J connectivity index is 0.00000261. The van der Waals surface area contributed by atoms with Crippen molar-refractivity contribution in [3.8, 4) is 0 Å². The average molecular weight is 492 g/mol. The number of hydrogen-bond acceptors (Lipinski definition) is 3. The second kappa shape index (κ2) is 10.8. The predicted molar refractivity (Wildman–Crippen MR) is 120 cm³/mol. The van der Waals surface area contributed by atoms with Gasteiger partial charge in [-0.2, -0.15) is 0 Å². The zero-order valence-electron chi connectivity index (χ0n) is 17.0. The van der Waals surface area contributed by atoms with Gasteiger partial charge in [0.2, 0.25) is 5.91 Å². The second-order valence-electron chi connectivity index (χ2n) is 8.50. The molecule has 0 aromatic rings. The van der Waals surface area contributed by atoms with Crippen LogP contribution in [0.3, 0.4) is 0 Å². The number of rotatable bonds is 4. The van der Waals surface area contributed by atoms with Crippen LogP contribution >= 0.6 is 24.0 Å². The molecule has 27 heavy (non-hydrogen) atoms. The van der Waals surface area contributed by atoms with Crippen molar-refractivity contribution in [1.82, 2.24) is 15.5 Å². The van der Waals surface area contributed by atoms with Gasteiger partial charge in [-0.1, -0.05) is 32.1 Å². The van der Waals surface area contributed by atoms with Gasteiger partial charge in [0, 0.05) is 32.8 Å². The molecule has 1 spiro atoms. The van der Waals surface area contributed by atoms with E-state index in [-0.39, 0.29) is 42.0 Å². The summed E-state index contributed by atoms with van der Waals surface area (Å²) >= 11 is 0. The first kappa shape index (κ1) is 22.7. The van der Waals surface area contributed by atoms with Crippen LogP contribution in [-0.4, -0.2) is 61.7 Å². The van der Waals surface area contributed by atoms with Crippen LogP contribution in [0.1, 0.15) is 70.6 Å². The molecular formula is C20H37IN4O2.